The molecule has 3 nitrogen and oxygen atoms in total. The molecule has 1 aromatic carbocycles. The molecule has 0 N–H and O–H groups in total. The van der Waals surface area contributed by atoms with Gasteiger partial charge < -0.3 is 4.74 Å². The largest absolute Gasteiger partial charge is 0.497 e. The van der Waals surface area contributed by atoms with Gasteiger partial charge in [0.15, 0.2) is 5.78 Å². The van der Waals surface area contributed by atoms with Crippen molar-refractivity contribution in [3.8, 4) is 5.75 Å². The van der Waals surface area contributed by atoms with E-state index in [0.717, 1.165) is 35.9 Å². The van der Waals surface area contributed by atoms with Gasteiger partial charge in [-0.1, -0.05) is 0 Å². The number of hydrogen-bond donors (Lipinski definition) is 0. The van der Waals surface area contributed by atoms with Crippen LogP contribution in [0, 0.1) is 0 Å². The van der Waals surface area contributed by atoms with Gasteiger partial charge in [-0.25, -0.2) is 0 Å². The Morgan fingerprint density at radius 3 is 2.32 bits per heavy atom. The Labute approximate surface area is 119 Å². The average molecular weight is 279 g/mol. The zero-order valence-electron chi connectivity index (χ0n) is 11.8. The fourth-order valence-corrected chi connectivity index (χ4v) is 3.26. The first kappa shape index (κ1) is 14.4. The number of benzene rings is 1. The number of nitrogens with zero attached hydrogens (tertiary/aromatic N) is 1. The molecule has 0 unspecified atom stereocenters. The van der Waals surface area contributed by atoms with E-state index >= 15 is 0 Å². The lowest BCUT2D eigenvalue weighted by Gasteiger charge is -2.39. The van der Waals surface area contributed by atoms with Crippen molar-refractivity contribution in [3.05, 3.63) is 29.8 Å². The molecule has 1 aliphatic heterocycles. The minimum absolute atomic E-state index is 0.182. The first-order valence-corrected chi connectivity index (χ1v) is 7.73. The molecule has 19 heavy (non-hydrogen) atoms. The van der Waals surface area contributed by atoms with Crippen molar-refractivity contribution in [1.82, 2.24) is 4.90 Å². The van der Waals surface area contributed by atoms with Crippen LogP contribution >= 0.6 is 11.8 Å². The SMILES string of the molecule is COc1ccc(C(=O)C(C)(C)N2CCSCC2)cc1. The predicted octanol–water partition coefficient (Wildman–Crippen LogP) is 2.71. The third-order valence-electron chi connectivity index (χ3n) is 3.71. The predicted molar refractivity (Wildman–Crippen MR) is 80.3 cm³/mol. The molecule has 2 rings (SSSR count). The fourth-order valence-electron chi connectivity index (χ4n) is 2.36. The Bertz CT molecular complexity index is 436. The van der Waals surface area contributed by atoms with E-state index in [9.17, 15) is 4.79 Å². The normalized spacial score (nSPS) is 17.2. The lowest BCUT2D eigenvalue weighted by atomic mass is 9.91. The second-order valence-corrected chi connectivity index (χ2v) is 6.44. The molecule has 0 bridgehead atoms. The topological polar surface area (TPSA) is 29.5 Å². The minimum atomic E-state index is -0.435. The van der Waals surface area contributed by atoms with Crippen molar-refractivity contribution in [2.24, 2.45) is 0 Å². The molecule has 1 aliphatic rings. The molecule has 0 saturated carbocycles. The summed E-state index contributed by atoms with van der Waals surface area (Å²) in [6.45, 7) is 6.02. The molecule has 0 radical (unpaired) electrons. The van der Waals surface area contributed by atoms with Gasteiger partial charge in [0.2, 0.25) is 0 Å². The zero-order valence-corrected chi connectivity index (χ0v) is 12.6. The highest BCUT2D eigenvalue weighted by molar-refractivity contribution is 7.99. The minimum Gasteiger partial charge on any atom is -0.497 e. The number of carbonyl (C=O) groups excluding carboxylic acids is 1. The standard InChI is InChI=1S/C15H21NO2S/c1-15(2,16-8-10-19-11-9-16)14(17)12-4-6-13(18-3)7-5-12/h4-7H,8-11H2,1-3H3. The van der Waals surface area contributed by atoms with Crippen LogP contribution in [0.2, 0.25) is 0 Å². The summed E-state index contributed by atoms with van der Waals surface area (Å²) >= 11 is 1.96. The zero-order chi connectivity index (χ0) is 13.9. The highest BCUT2D eigenvalue weighted by Crippen LogP contribution is 2.25. The highest BCUT2D eigenvalue weighted by atomic mass is 32.2. The summed E-state index contributed by atoms with van der Waals surface area (Å²) in [7, 11) is 1.63. The first-order valence-electron chi connectivity index (χ1n) is 6.57. The molecule has 0 aliphatic carbocycles. The Kier molecular flexibility index (Phi) is 4.53. The van der Waals surface area contributed by atoms with E-state index in [1.807, 2.05) is 49.9 Å². The molecule has 104 valence electrons. The maximum absolute atomic E-state index is 12.7. The molecule has 1 fully saturated rings. The van der Waals surface area contributed by atoms with Gasteiger partial charge in [0, 0.05) is 30.2 Å². The van der Waals surface area contributed by atoms with Crippen molar-refractivity contribution < 1.29 is 9.53 Å². The third kappa shape index (κ3) is 3.12. The number of Topliss-reactive ketones (excluding diaryl/α,β-unsaturated/α-hetero) is 1. The van der Waals surface area contributed by atoms with Gasteiger partial charge in [-0.15, -0.1) is 0 Å². The molecule has 4 heteroatoms. The van der Waals surface area contributed by atoms with Gasteiger partial charge in [0.05, 0.1) is 12.6 Å². The van der Waals surface area contributed by atoms with E-state index in [1.165, 1.54) is 0 Å². The summed E-state index contributed by atoms with van der Waals surface area (Å²) in [6.07, 6.45) is 0. The van der Waals surface area contributed by atoms with Gasteiger partial charge in [0.1, 0.15) is 5.75 Å². The summed E-state index contributed by atoms with van der Waals surface area (Å²) in [5.41, 5.74) is 0.319. The summed E-state index contributed by atoms with van der Waals surface area (Å²) in [6, 6.07) is 7.38. The van der Waals surface area contributed by atoms with Crippen molar-refractivity contribution in [1.29, 1.82) is 0 Å². The smallest absolute Gasteiger partial charge is 0.182 e. The number of ketones is 1. The van der Waals surface area contributed by atoms with Crippen LogP contribution in [-0.4, -0.2) is 47.9 Å². The first-order chi connectivity index (χ1) is 9.05. The molecular weight excluding hydrogens is 258 g/mol. The van der Waals surface area contributed by atoms with Gasteiger partial charge in [-0.3, -0.25) is 9.69 Å². The molecule has 1 heterocycles. The molecule has 0 atom stereocenters. The van der Waals surface area contributed by atoms with E-state index in [4.69, 9.17) is 4.74 Å². The number of ether oxygens (including phenoxy) is 1. The van der Waals surface area contributed by atoms with Crippen molar-refractivity contribution >= 4 is 17.5 Å². The Morgan fingerprint density at radius 2 is 1.79 bits per heavy atom. The van der Waals surface area contributed by atoms with Crippen LogP contribution in [0.15, 0.2) is 24.3 Å². The number of rotatable bonds is 4. The maximum Gasteiger partial charge on any atom is 0.182 e. The Hall–Kier alpha value is -1.00. The lowest BCUT2D eigenvalue weighted by molar-refractivity contribution is 0.0668. The molecule has 1 saturated heterocycles. The number of hydrogen-bond acceptors (Lipinski definition) is 4. The summed E-state index contributed by atoms with van der Waals surface area (Å²) in [5.74, 6) is 3.18. The Morgan fingerprint density at radius 1 is 1.21 bits per heavy atom. The van der Waals surface area contributed by atoms with E-state index < -0.39 is 5.54 Å². The van der Waals surface area contributed by atoms with Crippen LogP contribution in [0.5, 0.6) is 5.75 Å². The number of methoxy groups -OCH3 is 1. The van der Waals surface area contributed by atoms with Crippen molar-refractivity contribution in [3.63, 3.8) is 0 Å². The van der Waals surface area contributed by atoms with Crippen molar-refractivity contribution in [2.45, 2.75) is 19.4 Å². The maximum atomic E-state index is 12.7. The van der Waals surface area contributed by atoms with E-state index in [0.29, 0.717) is 0 Å². The molecule has 0 amide bonds. The number of carbonyl (C=O) groups is 1. The number of thioether (sulfide) groups is 1. The molecular formula is C15H21NO2S. The summed E-state index contributed by atoms with van der Waals surface area (Å²) in [4.78, 5) is 15.0. The second kappa shape index (κ2) is 5.97. The van der Waals surface area contributed by atoms with Crippen LogP contribution in [0.1, 0.15) is 24.2 Å². The molecule has 0 spiro atoms. The van der Waals surface area contributed by atoms with Crippen LogP contribution in [0.25, 0.3) is 0 Å². The lowest BCUT2D eigenvalue weighted by Crippen LogP contribution is -2.53. The van der Waals surface area contributed by atoms with E-state index in [2.05, 4.69) is 4.90 Å². The third-order valence-corrected chi connectivity index (χ3v) is 4.65. The Balaban J connectivity index is 2.15. The monoisotopic (exact) mass is 279 g/mol. The molecule has 1 aromatic rings. The van der Waals surface area contributed by atoms with Crippen LogP contribution in [-0.2, 0) is 0 Å². The van der Waals surface area contributed by atoms with Crippen LogP contribution in [0.4, 0.5) is 0 Å². The average Bonchev–Trinajstić information content (AvgIpc) is 2.47. The van der Waals surface area contributed by atoms with E-state index in [-0.39, 0.29) is 5.78 Å². The highest BCUT2D eigenvalue weighted by Gasteiger charge is 2.35. The van der Waals surface area contributed by atoms with Gasteiger partial charge in [0.25, 0.3) is 0 Å². The van der Waals surface area contributed by atoms with Gasteiger partial charge in [-0.05, 0) is 38.1 Å². The van der Waals surface area contributed by atoms with Crippen LogP contribution < -0.4 is 4.74 Å². The van der Waals surface area contributed by atoms with Crippen molar-refractivity contribution in [2.75, 3.05) is 31.7 Å². The molecule has 0 aromatic heterocycles. The van der Waals surface area contributed by atoms with Gasteiger partial charge in [-0.2, -0.15) is 11.8 Å². The van der Waals surface area contributed by atoms with Crippen LogP contribution in [0.3, 0.4) is 0 Å². The fraction of sp³-hybridized carbons (Fsp3) is 0.533. The van der Waals surface area contributed by atoms with Gasteiger partial charge >= 0.3 is 0 Å². The van der Waals surface area contributed by atoms with E-state index in [1.54, 1.807) is 7.11 Å². The summed E-state index contributed by atoms with van der Waals surface area (Å²) in [5, 5.41) is 0. The quantitative estimate of drug-likeness (QED) is 0.793. The second-order valence-electron chi connectivity index (χ2n) is 5.22. The summed E-state index contributed by atoms with van der Waals surface area (Å²) < 4.78 is 5.13.